The molecule has 94 valence electrons. The number of carbonyl (C=O) groups is 2. The van der Waals surface area contributed by atoms with Gasteiger partial charge in [-0.2, -0.15) is 0 Å². The van der Waals surface area contributed by atoms with E-state index in [0.29, 0.717) is 0 Å². The predicted octanol–water partition coefficient (Wildman–Crippen LogP) is 1.56. The summed E-state index contributed by atoms with van der Waals surface area (Å²) in [5, 5.41) is 0. The maximum atomic E-state index is 13.6. The van der Waals surface area contributed by atoms with E-state index in [1.54, 1.807) is 0 Å². The highest BCUT2D eigenvalue weighted by Crippen LogP contribution is 2.23. The maximum Gasteiger partial charge on any atom is 0.313 e. The highest BCUT2D eigenvalue weighted by Gasteiger charge is 2.18. The first-order valence-corrected chi connectivity index (χ1v) is 4.97. The molecule has 0 aliphatic carbocycles. The average molecular weight is 250 g/mol. The van der Waals surface area contributed by atoms with Crippen molar-refractivity contribution in [1.29, 1.82) is 0 Å². The van der Waals surface area contributed by atoms with Crippen molar-refractivity contribution in [2.75, 3.05) is 14.2 Å². The number of hydrogen-bond acceptors (Lipinski definition) is 4. The first-order chi connectivity index (χ1) is 8.53. The molecule has 0 amide bonds. The van der Waals surface area contributed by atoms with E-state index in [-0.39, 0.29) is 16.9 Å². The van der Waals surface area contributed by atoms with Gasteiger partial charge in [0.1, 0.15) is 18.0 Å². The number of esters is 1. The lowest BCUT2D eigenvalue weighted by atomic mass is 10.0. The van der Waals surface area contributed by atoms with Crippen molar-refractivity contribution in [3.05, 3.63) is 29.1 Å². The van der Waals surface area contributed by atoms with E-state index >= 15 is 0 Å². The predicted molar refractivity (Wildman–Crippen MR) is 61.9 cm³/mol. The summed E-state index contributed by atoms with van der Waals surface area (Å²) in [5.74, 6) is 0.215. The Hall–Kier alpha value is -2.35. The Morgan fingerprint density at radius 3 is 2.56 bits per heavy atom. The molecule has 0 heterocycles. The first-order valence-electron chi connectivity index (χ1n) is 4.97. The number of carbonyl (C=O) groups excluding carboxylic acids is 2. The van der Waals surface area contributed by atoms with Crippen molar-refractivity contribution in [3.63, 3.8) is 0 Å². The molecule has 0 bridgehead atoms. The summed E-state index contributed by atoms with van der Waals surface area (Å²) < 4.78 is 22.9. The molecule has 0 fully saturated rings. The summed E-state index contributed by atoms with van der Waals surface area (Å²) in [5.41, 5.74) is -0.0548. The van der Waals surface area contributed by atoms with Crippen LogP contribution in [0.1, 0.15) is 22.3 Å². The number of methoxy groups -OCH3 is 2. The van der Waals surface area contributed by atoms with Gasteiger partial charge >= 0.3 is 5.97 Å². The highest BCUT2D eigenvalue weighted by molar-refractivity contribution is 6.06. The molecule has 0 aromatic heterocycles. The Bertz CT molecular complexity index is 529. The number of halogens is 1. The second kappa shape index (κ2) is 5.82. The standard InChI is InChI=1S/C13H11FO4/c1-4-8-5-10(14)9(6-12(8)17-2)11(15)7-13(16)18-3/h1,5-6H,7H2,2-3H3. The number of ether oxygens (including phenoxy) is 2. The van der Waals surface area contributed by atoms with Crippen molar-refractivity contribution in [2.24, 2.45) is 0 Å². The van der Waals surface area contributed by atoms with E-state index in [0.717, 1.165) is 13.2 Å². The molecule has 0 saturated heterocycles. The summed E-state index contributed by atoms with van der Waals surface area (Å²) in [6.07, 6.45) is 4.63. The fraction of sp³-hybridized carbons (Fsp3) is 0.231. The van der Waals surface area contributed by atoms with E-state index < -0.39 is 24.0 Å². The van der Waals surface area contributed by atoms with E-state index in [9.17, 15) is 14.0 Å². The molecule has 1 aromatic carbocycles. The number of Topliss-reactive ketones (excluding diaryl/α,β-unsaturated/α-hetero) is 1. The van der Waals surface area contributed by atoms with Crippen LogP contribution in [-0.2, 0) is 9.53 Å². The Balaban J connectivity index is 3.14. The zero-order chi connectivity index (χ0) is 13.7. The third-order valence-electron chi connectivity index (χ3n) is 2.28. The van der Waals surface area contributed by atoms with Crippen molar-refractivity contribution < 1.29 is 23.5 Å². The van der Waals surface area contributed by atoms with Gasteiger partial charge in [0.15, 0.2) is 5.78 Å². The van der Waals surface area contributed by atoms with Crippen LogP contribution in [0.5, 0.6) is 5.75 Å². The minimum absolute atomic E-state index is 0.199. The Morgan fingerprint density at radius 2 is 2.06 bits per heavy atom. The molecule has 5 heteroatoms. The molecule has 4 nitrogen and oxygen atoms in total. The fourth-order valence-electron chi connectivity index (χ4n) is 1.35. The Morgan fingerprint density at radius 1 is 1.39 bits per heavy atom. The average Bonchev–Trinajstić information content (AvgIpc) is 2.37. The Kier molecular flexibility index (Phi) is 4.44. The fourth-order valence-corrected chi connectivity index (χ4v) is 1.35. The zero-order valence-electron chi connectivity index (χ0n) is 9.95. The molecule has 0 aliphatic heterocycles. The van der Waals surface area contributed by atoms with Crippen LogP contribution in [0, 0.1) is 18.2 Å². The van der Waals surface area contributed by atoms with Crippen LogP contribution >= 0.6 is 0 Å². The van der Waals surface area contributed by atoms with Gasteiger partial charge in [-0.1, -0.05) is 5.92 Å². The quantitative estimate of drug-likeness (QED) is 0.352. The van der Waals surface area contributed by atoms with Crippen LogP contribution < -0.4 is 4.74 Å². The largest absolute Gasteiger partial charge is 0.495 e. The second-order valence-corrected chi connectivity index (χ2v) is 3.35. The summed E-state index contributed by atoms with van der Waals surface area (Å²) in [7, 11) is 2.50. The van der Waals surface area contributed by atoms with Gasteiger partial charge in [-0.3, -0.25) is 9.59 Å². The number of rotatable bonds is 4. The van der Waals surface area contributed by atoms with Crippen LogP contribution in [0.4, 0.5) is 4.39 Å². The molecule has 0 saturated carbocycles. The zero-order valence-corrected chi connectivity index (χ0v) is 9.95. The minimum atomic E-state index is -0.794. The molecular weight excluding hydrogens is 239 g/mol. The van der Waals surface area contributed by atoms with E-state index in [1.165, 1.54) is 13.2 Å². The van der Waals surface area contributed by atoms with Crippen LogP contribution in [0.2, 0.25) is 0 Å². The molecule has 1 aromatic rings. The maximum absolute atomic E-state index is 13.6. The lowest BCUT2D eigenvalue weighted by Gasteiger charge is -2.07. The number of ketones is 1. The van der Waals surface area contributed by atoms with Gasteiger partial charge in [-0.25, -0.2) is 4.39 Å². The molecule has 0 radical (unpaired) electrons. The lowest BCUT2D eigenvalue weighted by Crippen LogP contribution is -2.11. The van der Waals surface area contributed by atoms with Crippen LogP contribution in [0.15, 0.2) is 12.1 Å². The molecule has 18 heavy (non-hydrogen) atoms. The molecule has 0 aliphatic rings. The van der Waals surface area contributed by atoms with Crippen LogP contribution in [-0.4, -0.2) is 26.0 Å². The molecule has 0 unspecified atom stereocenters. The molecule has 1 rings (SSSR count). The lowest BCUT2D eigenvalue weighted by molar-refractivity contribution is -0.139. The number of benzene rings is 1. The van der Waals surface area contributed by atoms with Crippen LogP contribution in [0.3, 0.4) is 0 Å². The number of terminal acetylenes is 1. The summed E-state index contributed by atoms with van der Waals surface area (Å²) in [4.78, 5) is 22.6. The summed E-state index contributed by atoms with van der Waals surface area (Å²) in [6.45, 7) is 0. The normalized spacial score (nSPS) is 9.44. The van der Waals surface area contributed by atoms with E-state index in [4.69, 9.17) is 11.2 Å². The van der Waals surface area contributed by atoms with Gasteiger partial charge < -0.3 is 9.47 Å². The van der Waals surface area contributed by atoms with Crippen molar-refractivity contribution in [1.82, 2.24) is 0 Å². The minimum Gasteiger partial charge on any atom is -0.495 e. The van der Waals surface area contributed by atoms with Gasteiger partial charge in [0.25, 0.3) is 0 Å². The van der Waals surface area contributed by atoms with Crippen molar-refractivity contribution in [2.45, 2.75) is 6.42 Å². The molecular formula is C13H11FO4. The summed E-state index contributed by atoms with van der Waals surface area (Å²) >= 11 is 0. The van der Waals surface area contributed by atoms with Gasteiger partial charge in [0, 0.05) is 0 Å². The smallest absolute Gasteiger partial charge is 0.313 e. The van der Waals surface area contributed by atoms with Gasteiger partial charge in [0.05, 0.1) is 25.3 Å². The van der Waals surface area contributed by atoms with E-state index in [2.05, 4.69) is 10.7 Å². The molecule has 0 spiro atoms. The first kappa shape index (κ1) is 13.7. The van der Waals surface area contributed by atoms with Crippen molar-refractivity contribution in [3.8, 4) is 18.1 Å². The Labute approximate surface area is 104 Å². The molecule has 0 atom stereocenters. The van der Waals surface area contributed by atoms with Gasteiger partial charge in [0.2, 0.25) is 0 Å². The molecule has 0 N–H and O–H groups in total. The van der Waals surface area contributed by atoms with Gasteiger partial charge in [-0.05, 0) is 12.1 Å². The summed E-state index contributed by atoms with van der Waals surface area (Å²) in [6, 6.07) is 2.19. The highest BCUT2D eigenvalue weighted by atomic mass is 19.1. The van der Waals surface area contributed by atoms with Crippen molar-refractivity contribution >= 4 is 11.8 Å². The third kappa shape index (κ3) is 2.86. The second-order valence-electron chi connectivity index (χ2n) is 3.35. The van der Waals surface area contributed by atoms with Gasteiger partial charge in [-0.15, -0.1) is 6.42 Å². The third-order valence-corrected chi connectivity index (χ3v) is 2.28. The van der Waals surface area contributed by atoms with E-state index in [1.807, 2.05) is 0 Å². The topological polar surface area (TPSA) is 52.6 Å². The van der Waals surface area contributed by atoms with Crippen LogP contribution in [0.25, 0.3) is 0 Å². The SMILES string of the molecule is C#Cc1cc(F)c(C(=O)CC(=O)OC)cc1OC. The monoisotopic (exact) mass is 250 g/mol. The number of hydrogen-bond donors (Lipinski definition) is 0.